The lowest BCUT2D eigenvalue weighted by atomic mass is 9.96. The molecule has 7 heteroatoms. The van der Waals surface area contributed by atoms with Gasteiger partial charge >= 0.3 is 0 Å². The molecule has 22 heavy (non-hydrogen) atoms. The molecule has 4 heterocycles. The van der Waals surface area contributed by atoms with Crippen molar-refractivity contribution < 1.29 is 4.79 Å². The maximum absolute atomic E-state index is 12.4. The van der Waals surface area contributed by atoms with E-state index in [-0.39, 0.29) is 5.91 Å². The Labute approximate surface area is 132 Å². The SMILES string of the molecule is O=C(Nc1nc(C2CCNCC2)cs1)c1cnn2c1CCC2. The van der Waals surface area contributed by atoms with Crippen LogP contribution in [0.15, 0.2) is 11.6 Å². The van der Waals surface area contributed by atoms with E-state index in [2.05, 4.69) is 26.1 Å². The van der Waals surface area contributed by atoms with Gasteiger partial charge in [0.15, 0.2) is 5.13 Å². The molecule has 2 aromatic rings. The molecule has 2 aliphatic rings. The van der Waals surface area contributed by atoms with Crippen molar-refractivity contribution in [2.24, 2.45) is 0 Å². The van der Waals surface area contributed by atoms with Crippen LogP contribution in [0.25, 0.3) is 0 Å². The highest BCUT2D eigenvalue weighted by molar-refractivity contribution is 7.14. The predicted molar refractivity (Wildman–Crippen MR) is 85.5 cm³/mol. The van der Waals surface area contributed by atoms with Gasteiger partial charge in [-0.25, -0.2) is 4.98 Å². The van der Waals surface area contributed by atoms with E-state index in [1.165, 1.54) is 11.3 Å². The van der Waals surface area contributed by atoms with Crippen LogP contribution in [0, 0.1) is 0 Å². The molecule has 0 unspecified atom stereocenters. The first kappa shape index (κ1) is 13.9. The van der Waals surface area contributed by atoms with Gasteiger partial charge in [0, 0.05) is 17.8 Å². The van der Waals surface area contributed by atoms with Crippen molar-refractivity contribution >= 4 is 22.4 Å². The largest absolute Gasteiger partial charge is 0.317 e. The van der Waals surface area contributed by atoms with Crippen LogP contribution in [0.2, 0.25) is 0 Å². The Bertz CT molecular complexity index is 686. The van der Waals surface area contributed by atoms with Crippen LogP contribution in [0.5, 0.6) is 0 Å². The third-order valence-corrected chi connectivity index (χ3v) is 5.25. The summed E-state index contributed by atoms with van der Waals surface area (Å²) in [5.41, 5.74) is 2.85. The van der Waals surface area contributed by atoms with Crippen LogP contribution < -0.4 is 10.6 Å². The minimum atomic E-state index is -0.0886. The number of nitrogens with one attached hydrogen (secondary N) is 2. The molecular weight excluding hydrogens is 298 g/mol. The van der Waals surface area contributed by atoms with E-state index in [0.717, 1.165) is 56.7 Å². The van der Waals surface area contributed by atoms with Crippen molar-refractivity contribution in [2.45, 2.75) is 38.1 Å². The van der Waals surface area contributed by atoms with Gasteiger partial charge in [0.05, 0.1) is 23.1 Å². The average molecular weight is 317 g/mol. The topological polar surface area (TPSA) is 71.8 Å². The number of fused-ring (bicyclic) bond motifs is 1. The highest BCUT2D eigenvalue weighted by Gasteiger charge is 2.22. The van der Waals surface area contributed by atoms with Gasteiger partial charge in [0.1, 0.15) is 0 Å². The Hall–Kier alpha value is -1.73. The second-order valence-corrected chi connectivity index (χ2v) is 6.75. The summed E-state index contributed by atoms with van der Waals surface area (Å²) in [6, 6.07) is 0. The summed E-state index contributed by atoms with van der Waals surface area (Å²) in [5.74, 6) is 0.429. The second-order valence-electron chi connectivity index (χ2n) is 5.89. The zero-order valence-corrected chi connectivity index (χ0v) is 13.2. The number of thiazole rings is 1. The van der Waals surface area contributed by atoms with E-state index >= 15 is 0 Å². The van der Waals surface area contributed by atoms with Gasteiger partial charge in [-0.3, -0.25) is 14.8 Å². The van der Waals surface area contributed by atoms with Crippen LogP contribution >= 0.6 is 11.3 Å². The van der Waals surface area contributed by atoms with E-state index in [1.807, 2.05) is 4.68 Å². The monoisotopic (exact) mass is 317 g/mol. The third kappa shape index (κ3) is 2.55. The molecule has 1 fully saturated rings. The van der Waals surface area contributed by atoms with Crippen LogP contribution in [-0.2, 0) is 13.0 Å². The molecule has 0 saturated carbocycles. The van der Waals surface area contributed by atoms with E-state index in [0.29, 0.717) is 16.6 Å². The molecule has 1 saturated heterocycles. The summed E-state index contributed by atoms with van der Waals surface area (Å²) in [6.45, 7) is 3.01. The Balaban J connectivity index is 1.46. The van der Waals surface area contributed by atoms with E-state index < -0.39 is 0 Å². The summed E-state index contributed by atoms with van der Waals surface area (Å²) >= 11 is 1.51. The average Bonchev–Trinajstić information content (AvgIpc) is 3.24. The second kappa shape index (κ2) is 5.81. The number of hydrogen-bond acceptors (Lipinski definition) is 5. The van der Waals surface area contributed by atoms with Crippen molar-refractivity contribution in [1.29, 1.82) is 0 Å². The number of anilines is 1. The highest BCUT2D eigenvalue weighted by Crippen LogP contribution is 2.28. The zero-order valence-electron chi connectivity index (χ0n) is 12.3. The van der Waals surface area contributed by atoms with Crippen molar-refractivity contribution in [2.75, 3.05) is 18.4 Å². The summed E-state index contributed by atoms with van der Waals surface area (Å²) in [6.07, 6.45) is 5.91. The van der Waals surface area contributed by atoms with Gasteiger partial charge in [-0.15, -0.1) is 11.3 Å². The lowest BCUT2D eigenvalue weighted by molar-refractivity contribution is 0.102. The lowest BCUT2D eigenvalue weighted by Gasteiger charge is -2.20. The lowest BCUT2D eigenvalue weighted by Crippen LogP contribution is -2.26. The minimum Gasteiger partial charge on any atom is -0.317 e. The number of amides is 1. The van der Waals surface area contributed by atoms with E-state index in [1.54, 1.807) is 6.20 Å². The maximum Gasteiger partial charge on any atom is 0.260 e. The molecule has 0 radical (unpaired) electrons. The maximum atomic E-state index is 12.4. The van der Waals surface area contributed by atoms with Crippen LogP contribution in [0.1, 0.15) is 46.9 Å². The number of nitrogens with zero attached hydrogens (tertiary/aromatic N) is 3. The van der Waals surface area contributed by atoms with Gasteiger partial charge in [0.2, 0.25) is 0 Å². The molecule has 2 N–H and O–H groups in total. The standard InChI is InChI=1S/C15H19N5OS/c21-14(11-8-17-20-7-1-2-13(11)20)19-15-18-12(9-22-15)10-3-5-16-6-4-10/h8-10,16H,1-7H2,(H,18,19,21). The van der Waals surface area contributed by atoms with Crippen molar-refractivity contribution in [1.82, 2.24) is 20.1 Å². The number of rotatable bonds is 3. The molecule has 1 amide bonds. The molecule has 4 rings (SSSR count). The van der Waals surface area contributed by atoms with Crippen molar-refractivity contribution in [3.63, 3.8) is 0 Å². The molecule has 2 aliphatic heterocycles. The molecule has 0 atom stereocenters. The number of hydrogen-bond donors (Lipinski definition) is 2. The Morgan fingerprint density at radius 2 is 2.27 bits per heavy atom. The predicted octanol–water partition coefficient (Wildman–Crippen LogP) is 2.01. The fraction of sp³-hybridized carbons (Fsp3) is 0.533. The molecule has 6 nitrogen and oxygen atoms in total. The third-order valence-electron chi connectivity index (χ3n) is 4.48. The summed E-state index contributed by atoms with van der Waals surface area (Å²) < 4.78 is 1.93. The molecule has 2 aromatic heterocycles. The summed E-state index contributed by atoms with van der Waals surface area (Å²) in [7, 11) is 0. The van der Waals surface area contributed by atoms with Gasteiger partial charge in [0.25, 0.3) is 5.91 Å². The number of carbonyl (C=O) groups excluding carboxylic acids is 1. The van der Waals surface area contributed by atoms with Crippen LogP contribution in [-0.4, -0.2) is 33.8 Å². The fourth-order valence-electron chi connectivity index (χ4n) is 3.27. The normalized spacial score (nSPS) is 18.4. The molecule has 0 aromatic carbocycles. The first-order chi connectivity index (χ1) is 10.8. The van der Waals surface area contributed by atoms with Gasteiger partial charge in [-0.2, -0.15) is 5.10 Å². The fourth-order valence-corrected chi connectivity index (χ4v) is 4.05. The number of aromatic nitrogens is 3. The minimum absolute atomic E-state index is 0.0886. The zero-order chi connectivity index (χ0) is 14.9. The van der Waals surface area contributed by atoms with Gasteiger partial charge < -0.3 is 5.32 Å². The van der Waals surface area contributed by atoms with Crippen molar-refractivity contribution in [3.05, 3.63) is 28.5 Å². The molecule has 0 aliphatic carbocycles. The molecule has 0 spiro atoms. The molecule has 0 bridgehead atoms. The Kier molecular flexibility index (Phi) is 3.67. The van der Waals surface area contributed by atoms with Crippen LogP contribution in [0.3, 0.4) is 0 Å². The van der Waals surface area contributed by atoms with Crippen LogP contribution in [0.4, 0.5) is 5.13 Å². The van der Waals surface area contributed by atoms with Gasteiger partial charge in [-0.05, 0) is 38.8 Å². The van der Waals surface area contributed by atoms with E-state index in [9.17, 15) is 4.79 Å². The number of carbonyl (C=O) groups is 1. The number of piperidine rings is 1. The smallest absolute Gasteiger partial charge is 0.260 e. The number of aryl methyl sites for hydroxylation is 1. The Morgan fingerprint density at radius 1 is 1.41 bits per heavy atom. The summed E-state index contributed by atoms with van der Waals surface area (Å²) in [5, 5.41) is 13.3. The molecule has 116 valence electrons. The van der Waals surface area contributed by atoms with Gasteiger partial charge in [-0.1, -0.05) is 0 Å². The summed E-state index contributed by atoms with van der Waals surface area (Å²) in [4.78, 5) is 17.0. The Morgan fingerprint density at radius 3 is 3.14 bits per heavy atom. The first-order valence-corrected chi connectivity index (χ1v) is 8.71. The van der Waals surface area contributed by atoms with E-state index in [4.69, 9.17) is 0 Å². The quantitative estimate of drug-likeness (QED) is 0.908. The molecular formula is C15H19N5OS. The van der Waals surface area contributed by atoms with Crippen molar-refractivity contribution in [3.8, 4) is 0 Å². The first-order valence-electron chi connectivity index (χ1n) is 7.83. The highest BCUT2D eigenvalue weighted by atomic mass is 32.1.